The third kappa shape index (κ3) is 2.76. The van der Waals surface area contributed by atoms with Crippen molar-refractivity contribution in [1.82, 2.24) is 0 Å². The van der Waals surface area contributed by atoms with Crippen LogP contribution < -0.4 is 0 Å². The van der Waals surface area contributed by atoms with E-state index in [0.717, 1.165) is 36.0 Å². The maximum absolute atomic E-state index is 13.3. The molecule has 4 fully saturated rings. The standard InChI is InChI=1S/C28H36O7/c1-13-9-20(34-25(33)16(13)12-29)14(2)24-19(30)11-18-15-10-23-28(35-23)22(32)6-5-21(31)27(28,4)17(15)7-8-26(18,24)3/h5-6,15,17-20,22-23,29-30,32H,7-12H2,1-4H3. The number of aliphatic hydroxyl groups is 3. The van der Waals surface area contributed by atoms with Crippen LogP contribution in [0, 0.1) is 28.6 Å². The third-order valence-corrected chi connectivity index (χ3v) is 11.0. The number of ether oxygens (including phenoxy) is 2. The van der Waals surface area contributed by atoms with E-state index >= 15 is 0 Å². The third-order valence-electron chi connectivity index (χ3n) is 11.0. The number of esters is 1. The molecule has 2 heterocycles. The SMILES string of the molecule is CC1=C(CO)C(=O)OC(C(C)=C2C(O)CC3C4CC5OC56C(O)C=CC(=O)C6(C)C4CCC23C)C1. The van der Waals surface area contributed by atoms with Gasteiger partial charge in [0.2, 0.25) is 0 Å². The average Bonchev–Trinajstić information content (AvgIpc) is 3.47. The highest BCUT2D eigenvalue weighted by Gasteiger charge is 2.80. The zero-order chi connectivity index (χ0) is 25.1. The Bertz CT molecular complexity index is 1100. The summed E-state index contributed by atoms with van der Waals surface area (Å²) in [6.45, 7) is 7.71. The molecule has 4 aliphatic carbocycles. The van der Waals surface area contributed by atoms with E-state index in [4.69, 9.17) is 9.47 Å². The first-order chi connectivity index (χ1) is 16.5. The van der Waals surface area contributed by atoms with Crippen molar-refractivity contribution < 1.29 is 34.4 Å². The molecule has 6 rings (SSSR count). The number of cyclic esters (lactones) is 1. The zero-order valence-electron chi connectivity index (χ0n) is 20.9. The molecule has 0 bridgehead atoms. The smallest absolute Gasteiger partial charge is 0.336 e. The maximum atomic E-state index is 13.3. The summed E-state index contributed by atoms with van der Waals surface area (Å²) in [5.41, 5.74) is 1.23. The second-order valence-electron chi connectivity index (χ2n) is 12.2. The van der Waals surface area contributed by atoms with Crippen LogP contribution in [0.25, 0.3) is 0 Å². The molecule has 0 aromatic heterocycles. The minimum absolute atomic E-state index is 0.0464. The summed E-state index contributed by atoms with van der Waals surface area (Å²) in [5, 5.41) is 31.7. The minimum atomic E-state index is -0.801. The lowest BCUT2D eigenvalue weighted by atomic mass is 9.45. The Morgan fingerprint density at radius 3 is 2.60 bits per heavy atom. The van der Waals surface area contributed by atoms with Gasteiger partial charge < -0.3 is 24.8 Å². The molecule has 0 radical (unpaired) electrons. The van der Waals surface area contributed by atoms with Gasteiger partial charge in [0.05, 0.1) is 29.8 Å². The van der Waals surface area contributed by atoms with Gasteiger partial charge in [0.15, 0.2) is 5.78 Å². The van der Waals surface area contributed by atoms with Crippen molar-refractivity contribution in [1.29, 1.82) is 0 Å². The number of hydrogen-bond donors (Lipinski definition) is 3. The van der Waals surface area contributed by atoms with Gasteiger partial charge in [-0.2, -0.15) is 0 Å². The van der Waals surface area contributed by atoms with Crippen LogP contribution in [-0.4, -0.2) is 63.7 Å². The quantitative estimate of drug-likeness (QED) is 0.313. The number of aliphatic hydroxyl groups excluding tert-OH is 3. The molecule has 6 aliphatic rings. The number of allylic oxidation sites excluding steroid dienone is 1. The molecule has 0 aromatic rings. The van der Waals surface area contributed by atoms with E-state index in [2.05, 4.69) is 6.92 Å². The lowest BCUT2D eigenvalue weighted by Gasteiger charge is -2.57. The van der Waals surface area contributed by atoms with Gasteiger partial charge >= 0.3 is 5.97 Å². The molecule has 2 aliphatic heterocycles. The topological polar surface area (TPSA) is 117 Å². The fourth-order valence-corrected chi connectivity index (χ4v) is 9.16. The van der Waals surface area contributed by atoms with Crippen molar-refractivity contribution in [3.63, 3.8) is 0 Å². The first-order valence-electron chi connectivity index (χ1n) is 13.0. The molecule has 3 saturated carbocycles. The number of carbonyl (C=O) groups excluding carboxylic acids is 2. The van der Waals surface area contributed by atoms with Crippen LogP contribution in [0.15, 0.2) is 34.4 Å². The molecule has 1 spiro atoms. The Morgan fingerprint density at radius 1 is 1.17 bits per heavy atom. The second-order valence-corrected chi connectivity index (χ2v) is 12.2. The summed E-state index contributed by atoms with van der Waals surface area (Å²) < 4.78 is 11.9. The summed E-state index contributed by atoms with van der Waals surface area (Å²) in [6.07, 6.45) is 4.71. The van der Waals surface area contributed by atoms with Crippen molar-refractivity contribution in [2.45, 2.75) is 89.8 Å². The van der Waals surface area contributed by atoms with E-state index in [1.807, 2.05) is 20.8 Å². The van der Waals surface area contributed by atoms with Crippen LogP contribution >= 0.6 is 0 Å². The number of epoxide rings is 1. The highest BCUT2D eigenvalue weighted by molar-refractivity contribution is 5.98. The molecule has 35 heavy (non-hydrogen) atoms. The average molecular weight is 485 g/mol. The van der Waals surface area contributed by atoms with Gasteiger partial charge in [0.1, 0.15) is 17.8 Å². The Hall–Kier alpha value is -1.80. The number of fused-ring (bicyclic) bond motifs is 4. The van der Waals surface area contributed by atoms with Crippen LogP contribution in [0.1, 0.15) is 59.8 Å². The van der Waals surface area contributed by atoms with Gasteiger partial charge in [-0.1, -0.05) is 12.5 Å². The lowest BCUT2D eigenvalue weighted by molar-refractivity contribution is -0.148. The molecule has 0 amide bonds. The summed E-state index contributed by atoms with van der Waals surface area (Å²) in [4.78, 5) is 25.8. The second kappa shape index (κ2) is 7.37. The highest BCUT2D eigenvalue weighted by atomic mass is 16.6. The normalized spacial score (nSPS) is 51.8. The Kier molecular flexibility index (Phi) is 4.97. The lowest BCUT2D eigenvalue weighted by Crippen LogP contribution is -2.63. The maximum Gasteiger partial charge on any atom is 0.336 e. The summed E-state index contributed by atoms with van der Waals surface area (Å²) in [5.74, 6) is 0.0377. The molecule has 0 aromatic carbocycles. The van der Waals surface area contributed by atoms with Gasteiger partial charge in [-0.15, -0.1) is 0 Å². The van der Waals surface area contributed by atoms with Crippen molar-refractivity contribution in [2.24, 2.45) is 28.6 Å². The van der Waals surface area contributed by atoms with Gasteiger partial charge in [0.25, 0.3) is 0 Å². The van der Waals surface area contributed by atoms with E-state index in [9.17, 15) is 24.9 Å². The molecule has 3 N–H and O–H groups in total. The van der Waals surface area contributed by atoms with E-state index < -0.39 is 35.3 Å². The molecule has 190 valence electrons. The Morgan fingerprint density at radius 2 is 1.91 bits per heavy atom. The fourth-order valence-electron chi connectivity index (χ4n) is 9.16. The van der Waals surface area contributed by atoms with Crippen molar-refractivity contribution >= 4 is 11.8 Å². The number of rotatable bonds is 2. The Labute approximate surface area is 205 Å². The van der Waals surface area contributed by atoms with Crippen molar-refractivity contribution in [3.8, 4) is 0 Å². The van der Waals surface area contributed by atoms with Crippen LogP contribution in [-0.2, 0) is 19.1 Å². The highest BCUT2D eigenvalue weighted by Crippen LogP contribution is 2.72. The van der Waals surface area contributed by atoms with Gasteiger partial charge in [-0.3, -0.25) is 4.79 Å². The molecule has 7 heteroatoms. The van der Waals surface area contributed by atoms with Crippen LogP contribution in [0.3, 0.4) is 0 Å². The van der Waals surface area contributed by atoms with Crippen LogP contribution in [0.4, 0.5) is 0 Å². The predicted molar refractivity (Wildman–Crippen MR) is 126 cm³/mol. The van der Waals surface area contributed by atoms with Gasteiger partial charge in [-0.05, 0) is 92.9 Å². The van der Waals surface area contributed by atoms with Crippen LogP contribution in [0.2, 0.25) is 0 Å². The number of carbonyl (C=O) groups is 2. The van der Waals surface area contributed by atoms with Crippen molar-refractivity contribution in [3.05, 3.63) is 34.4 Å². The van der Waals surface area contributed by atoms with Crippen molar-refractivity contribution in [2.75, 3.05) is 6.61 Å². The monoisotopic (exact) mass is 484 g/mol. The molecule has 10 atom stereocenters. The molecule has 7 nitrogen and oxygen atoms in total. The van der Waals surface area contributed by atoms with E-state index in [0.29, 0.717) is 18.4 Å². The van der Waals surface area contributed by atoms with Crippen LogP contribution in [0.5, 0.6) is 0 Å². The molecular weight excluding hydrogens is 448 g/mol. The predicted octanol–water partition coefficient (Wildman–Crippen LogP) is 2.39. The zero-order valence-corrected chi connectivity index (χ0v) is 20.9. The number of ketones is 1. The fraction of sp³-hybridized carbons (Fsp3) is 0.714. The minimum Gasteiger partial charge on any atom is -0.454 e. The number of hydrogen-bond acceptors (Lipinski definition) is 7. The summed E-state index contributed by atoms with van der Waals surface area (Å²) in [6, 6.07) is 0. The van der Waals surface area contributed by atoms with Gasteiger partial charge in [0, 0.05) is 6.42 Å². The first kappa shape index (κ1) is 23.6. The van der Waals surface area contributed by atoms with E-state index in [1.165, 1.54) is 6.08 Å². The molecular formula is C28H36O7. The summed E-state index contributed by atoms with van der Waals surface area (Å²) >= 11 is 0. The molecule has 10 unspecified atom stereocenters. The molecule has 1 saturated heterocycles. The summed E-state index contributed by atoms with van der Waals surface area (Å²) in [7, 11) is 0. The van der Waals surface area contributed by atoms with E-state index in [1.54, 1.807) is 6.08 Å². The van der Waals surface area contributed by atoms with Gasteiger partial charge in [-0.25, -0.2) is 4.79 Å². The van der Waals surface area contributed by atoms with E-state index in [-0.39, 0.29) is 41.7 Å². The Balaban J connectivity index is 1.36. The first-order valence-corrected chi connectivity index (χ1v) is 13.0. The largest absolute Gasteiger partial charge is 0.454 e.